The third kappa shape index (κ3) is 5.83. The summed E-state index contributed by atoms with van der Waals surface area (Å²) in [5.41, 5.74) is 4.49. The van der Waals surface area contributed by atoms with Gasteiger partial charge in [-0.2, -0.15) is 0 Å². The summed E-state index contributed by atoms with van der Waals surface area (Å²) < 4.78 is 0. The Bertz CT molecular complexity index is 1250. The minimum atomic E-state index is -0.316. The second-order valence-electron chi connectivity index (χ2n) is 11.0. The van der Waals surface area contributed by atoms with Gasteiger partial charge in [0.1, 0.15) is 0 Å². The van der Waals surface area contributed by atoms with Gasteiger partial charge in [-0.15, -0.1) is 0 Å². The standard InChI is InChI=1S/C32H38ClN3O2/c1-21-8-3-6-11-27(21)32(38)36-19-7-12-28(31(37)35-26-16-13-22(2)29(33)20-26)30(36)23-14-17-25(18-15-23)34-24-9-4-5-10-24/h3,6,8,11,13-14,16-18,20,23-24,28,30,34H,4-5,7,9-10,12,15,19H2,1-2H3,(H,35,37)/t23-,28+,30?/m1/s1. The number of carbonyl (C=O) groups excluding carboxylic acids is 2. The lowest BCUT2D eigenvalue weighted by Gasteiger charge is -2.44. The lowest BCUT2D eigenvalue weighted by atomic mass is 9.77. The molecule has 6 heteroatoms. The van der Waals surface area contributed by atoms with Gasteiger partial charge in [0.05, 0.1) is 12.0 Å². The Morgan fingerprint density at radius 3 is 2.47 bits per heavy atom. The van der Waals surface area contributed by atoms with Crippen molar-refractivity contribution in [1.29, 1.82) is 0 Å². The molecule has 38 heavy (non-hydrogen) atoms. The summed E-state index contributed by atoms with van der Waals surface area (Å²) in [5.74, 6) is -0.292. The number of nitrogens with zero attached hydrogens (tertiary/aromatic N) is 1. The zero-order chi connectivity index (χ0) is 26.6. The average molecular weight is 532 g/mol. The van der Waals surface area contributed by atoms with Gasteiger partial charge >= 0.3 is 0 Å². The molecule has 0 aromatic heterocycles. The first-order valence-electron chi connectivity index (χ1n) is 14.0. The van der Waals surface area contributed by atoms with Crippen molar-refractivity contribution in [2.45, 2.75) is 70.9 Å². The van der Waals surface area contributed by atoms with Crippen LogP contribution in [0.4, 0.5) is 5.69 Å². The molecule has 3 atom stereocenters. The molecule has 2 fully saturated rings. The topological polar surface area (TPSA) is 61.4 Å². The van der Waals surface area contributed by atoms with Gasteiger partial charge in [0, 0.05) is 40.5 Å². The number of piperidine rings is 1. The number of hydrogen-bond donors (Lipinski definition) is 2. The number of allylic oxidation sites excluding steroid dienone is 2. The highest BCUT2D eigenvalue weighted by Crippen LogP contribution is 2.36. The van der Waals surface area contributed by atoms with Crippen molar-refractivity contribution >= 4 is 29.1 Å². The number of benzene rings is 2. The summed E-state index contributed by atoms with van der Waals surface area (Å²) in [4.78, 5) is 29.6. The van der Waals surface area contributed by atoms with E-state index in [1.807, 2.05) is 55.1 Å². The van der Waals surface area contributed by atoms with Crippen LogP contribution in [0, 0.1) is 25.7 Å². The fourth-order valence-electron chi connectivity index (χ4n) is 6.25. The Labute approximate surface area is 231 Å². The largest absolute Gasteiger partial charge is 0.383 e. The SMILES string of the molecule is Cc1ccc(NC(=O)[C@H]2CCCN(C(=O)c3ccccc3C)C2[C@@H]2C=CC(NC3CCCC3)=CC2)cc1Cl. The van der Waals surface area contributed by atoms with Crippen LogP contribution in [0.15, 0.2) is 66.4 Å². The highest BCUT2D eigenvalue weighted by molar-refractivity contribution is 6.31. The first kappa shape index (κ1) is 26.6. The molecule has 0 spiro atoms. The molecule has 2 aliphatic carbocycles. The second kappa shape index (κ2) is 11.8. The Balaban J connectivity index is 1.40. The van der Waals surface area contributed by atoms with Crippen LogP contribution in [0.3, 0.4) is 0 Å². The van der Waals surface area contributed by atoms with E-state index in [1.54, 1.807) is 6.07 Å². The normalized spacial score (nSPS) is 23.7. The van der Waals surface area contributed by atoms with Gasteiger partial charge in [0.15, 0.2) is 0 Å². The van der Waals surface area contributed by atoms with E-state index in [2.05, 4.69) is 28.9 Å². The summed E-state index contributed by atoms with van der Waals surface area (Å²) >= 11 is 6.33. The number of nitrogens with one attached hydrogen (secondary N) is 2. The third-order valence-corrected chi connectivity index (χ3v) is 8.80. The smallest absolute Gasteiger partial charge is 0.254 e. The predicted molar refractivity (Wildman–Crippen MR) is 154 cm³/mol. The van der Waals surface area contributed by atoms with Gasteiger partial charge < -0.3 is 15.5 Å². The van der Waals surface area contributed by atoms with Crippen molar-refractivity contribution in [1.82, 2.24) is 10.2 Å². The van der Waals surface area contributed by atoms with Crippen molar-refractivity contribution in [3.8, 4) is 0 Å². The number of aryl methyl sites for hydroxylation is 2. The first-order chi connectivity index (χ1) is 18.4. The summed E-state index contributed by atoms with van der Waals surface area (Å²) in [6.07, 6.45) is 14.0. The van der Waals surface area contributed by atoms with Crippen LogP contribution in [0.5, 0.6) is 0 Å². The lowest BCUT2D eigenvalue weighted by molar-refractivity contribution is -0.123. The molecular formula is C32H38ClN3O2. The van der Waals surface area contributed by atoms with E-state index in [9.17, 15) is 9.59 Å². The van der Waals surface area contributed by atoms with Crippen molar-refractivity contribution in [3.63, 3.8) is 0 Å². The van der Waals surface area contributed by atoms with Crippen LogP contribution in [0.2, 0.25) is 5.02 Å². The maximum absolute atomic E-state index is 13.9. The summed E-state index contributed by atoms with van der Waals surface area (Å²) in [6, 6.07) is 13.7. The lowest BCUT2D eigenvalue weighted by Crippen LogP contribution is -2.55. The zero-order valence-electron chi connectivity index (χ0n) is 22.4. The van der Waals surface area contributed by atoms with Crippen LogP contribution in [0.25, 0.3) is 0 Å². The van der Waals surface area contributed by atoms with E-state index in [0.29, 0.717) is 28.9 Å². The average Bonchev–Trinajstić information content (AvgIpc) is 3.44. The van der Waals surface area contributed by atoms with Gasteiger partial charge in [-0.3, -0.25) is 9.59 Å². The van der Waals surface area contributed by atoms with Crippen molar-refractivity contribution in [3.05, 3.63) is 88.1 Å². The number of likely N-dealkylation sites (tertiary alicyclic amines) is 1. The number of rotatable bonds is 6. The highest BCUT2D eigenvalue weighted by atomic mass is 35.5. The number of carbonyl (C=O) groups is 2. The fourth-order valence-corrected chi connectivity index (χ4v) is 6.43. The van der Waals surface area contributed by atoms with E-state index < -0.39 is 0 Å². The number of amides is 2. The molecule has 3 aliphatic rings. The molecule has 1 unspecified atom stereocenters. The zero-order valence-corrected chi connectivity index (χ0v) is 23.1. The Kier molecular flexibility index (Phi) is 8.23. The molecule has 1 heterocycles. The van der Waals surface area contributed by atoms with Crippen LogP contribution in [-0.4, -0.2) is 35.3 Å². The molecule has 200 valence electrons. The quantitative estimate of drug-likeness (QED) is 0.430. The molecule has 5 nitrogen and oxygen atoms in total. The van der Waals surface area contributed by atoms with Gasteiger partial charge in [-0.05, 0) is 81.4 Å². The van der Waals surface area contributed by atoms with E-state index in [-0.39, 0.29) is 29.7 Å². The molecule has 1 aliphatic heterocycles. The van der Waals surface area contributed by atoms with Gasteiger partial charge in [0.25, 0.3) is 5.91 Å². The van der Waals surface area contributed by atoms with Crippen LogP contribution in [0.1, 0.15) is 66.4 Å². The molecule has 1 saturated carbocycles. The maximum Gasteiger partial charge on any atom is 0.254 e. The summed E-state index contributed by atoms with van der Waals surface area (Å²) in [5, 5.41) is 7.42. The van der Waals surface area contributed by atoms with E-state index in [1.165, 1.54) is 25.7 Å². The maximum atomic E-state index is 13.9. The molecule has 2 amide bonds. The molecule has 2 N–H and O–H groups in total. The Morgan fingerprint density at radius 1 is 0.974 bits per heavy atom. The summed E-state index contributed by atoms with van der Waals surface area (Å²) in [6.45, 7) is 4.57. The molecule has 0 radical (unpaired) electrons. The van der Waals surface area contributed by atoms with E-state index >= 15 is 0 Å². The molecule has 2 aromatic carbocycles. The van der Waals surface area contributed by atoms with Gasteiger partial charge in [-0.1, -0.05) is 60.9 Å². The van der Waals surface area contributed by atoms with Crippen molar-refractivity contribution < 1.29 is 9.59 Å². The Morgan fingerprint density at radius 2 is 1.76 bits per heavy atom. The van der Waals surface area contributed by atoms with E-state index in [4.69, 9.17) is 11.6 Å². The predicted octanol–water partition coefficient (Wildman–Crippen LogP) is 6.81. The molecule has 1 saturated heterocycles. The van der Waals surface area contributed by atoms with Crippen LogP contribution < -0.4 is 10.6 Å². The minimum Gasteiger partial charge on any atom is -0.383 e. The summed E-state index contributed by atoms with van der Waals surface area (Å²) in [7, 11) is 0. The van der Waals surface area contributed by atoms with Crippen molar-refractivity contribution in [2.24, 2.45) is 11.8 Å². The monoisotopic (exact) mass is 531 g/mol. The van der Waals surface area contributed by atoms with E-state index in [0.717, 1.165) is 36.1 Å². The third-order valence-electron chi connectivity index (χ3n) is 8.40. The van der Waals surface area contributed by atoms with Crippen molar-refractivity contribution in [2.75, 3.05) is 11.9 Å². The number of hydrogen-bond acceptors (Lipinski definition) is 3. The first-order valence-corrected chi connectivity index (χ1v) is 14.4. The van der Waals surface area contributed by atoms with Gasteiger partial charge in [-0.25, -0.2) is 0 Å². The van der Waals surface area contributed by atoms with Gasteiger partial charge in [0.2, 0.25) is 5.91 Å². The Hall–Kier alpha value is -3.05. The van der Waals surface area contributed by atoms with Crippen LogP contribution in [-0.2, 0) is 4.79 Å². The highest BCUT2D eigenvalue weighted by Gasteiger charge is 2.42. The number of halogens is 1. The number of anilines is 1. The van der Waals surface area contributed by atoms with Crippen LogP contribution >= 0.6 is 11.6 Å². The molecule has 5 rings (SSSR count). The fraction of sp³-hybridized carbons (Fsp3) is 0.438. The molecular weight excluding hydrogens is 494 g/mol. The molecule has 2 aromatic rings. The second-order valence-corrected chi connectivity index (χ2v) is 11.5. The minimum absolute atomic E-state index is 0.0104. The molecule has 0 bridgehead atoms.